The van der Waals surface area contributed by atoms with E-state index in [1.807, 2.05) is 12.1 Å². The Morgan fingerprint density at radius 3 is 2.64 bits per heavy atom. The number of allylic oxidation sites excluding steroid dienone is 1. The normalized spacial score (nSPS) is 16.9. The zero-order chi connectivity index (χ0) is 19.6. The lowest BCUT2D eigenvalue weighted by atomic mass is 9.97. The zero-order valence-electron chi connectivity index (χ0n) is 16.5. The van der Waals surface area contributed by atoms with E-state index in [1.54, 1.807) is 12.1 Å². The molecule has 0 saturated carbocycles. The summed E-state index contributed by atoms with van der Waals surface area (Å²) in [5, 5.41) is 1.35. The third-order valence-electron chi connectivity index (χ3n) is 6.00. The quantitative estimate of drug-likeness (QED) is 0.664. The van der Waals surface area contributed by atoms with Gasteiger partial charge in [-0.25, -0.2) is 8.42 Å². The molecule has 1 aromatic heterocycles. The van der Waals surface area contributed by atoms with Gasteiger partial charge in [0, 0.05) is 43.4 Å². The maximum atomic E-state index is 12.4. The molecule has 0 saturated heterocycles. The van der Waals surface area contributed by atoms with E-state index in [1.165, 1.54) is 39.5 Å². The van der Waals surface area contributed by atoms with Crippen molar-refractivity contribution in [1.29, 1.82) is 0 Å². The molecule has 0 aliphatic carbocycles. The Bertz CT molecular complexity index is 1270. The number of likely N-dealkylation sites (N-methyl/N-ethyl adjacent to an activating group) is 1. The van der Waals surface area contributed by atoms with Gasteiger partial charge >= 0.3 is 0 Å². The summed E-state index contributed by atoms with van der Waals surface area (Å²) >= 11 is 0. The summed E-state index contributed by atoms with van der Waals surface area (Å²) in [6, 6.07) is 11.9. The standard InChI is InChI=1S/C23H24N2O2S/c1-15-10-16-12-17(18-6-4-5-7-22(18)28(3,26)27)13-25-21-8-9-24(2)14-20(21)19(11-15)23(16)25/h4-7,10-12H,8-9,13-14H2,1-3H3. The third-order valence-corrected chi connectivity index (χ3v) is 7.16. The molecule has 28 heavy (non-hydrogen) atoms. The second-order valence-corrected chi connectivity index (χ2v) is 10.2. The predicted octanol–water partition coefficient (Wildman–Crippen LogP) is 3.90. The van der Waals surface area contributed by atoms with Crippen molar-refractivity contribution >= 4 is 32.4 Å². The summed E-state index contributed by atoms with van der Waals surface area (Å²) in [7, 11) is -1.11. The van der Waals surface area contributed by atoms with Gasteiger partial charge in [-0.1, -0.05) is 18.2 Å². The highest BCUT2D eigenvalue weighted by molar-refractivity contribution is 7.90. The molecule has 144 valence electrons. The summed E-state index contributed by atoms with van der Waals surface area (Å²) in [5.74, 6) is 0. The average Bonchev–Trinajstić information content (AvgIpc) is 2.95. The summed E-state index contributed by atoms with van der Waals surface area (Å²) < 4.78 is 27.2. The molecule has 3 heterocycles. The Labute approximate surface area is 166 Å². The highest BCUT2D eigenvalue weighted by Gasteiger charge is 2.27. The SMILES string of the molecule is Cc1cc2c3c(c1)c1c(n3CC(c3ccccc3S(C)(=O)=O)=C2)CCN(C)C1. The zero-order valence-corrected chi connectivity index (χ0v) is 17.3. The van der Waals surface area contributed by atoms with Crippen molar-refractivity contribution in [2.24, 2.45) is 0 Å². The molecular formula is C23H24N2O2S. The largest absolute Gasteiger partial charge is 0.339 e. The summed E-state index contributed by atoms with van der Waals surface area (Å²) in [4.78, 5) is 2.79. The van der Waals surface area contributed by atoms with Crippen molar-refractivity contribution in [3.8, 4) is 0 Å². The lowest BCUT2D eigenvalue weighted by Crippen LogP contribution is -2.27. The molecule has 0 N–H and O–H groups in total. The van der Waals surface area contributed by atoms with Gasteiger partial charge in [0.05, 0.1) is 10.4 Å². The Morgan fingerprint density at radius 2 is 1.86 bits per heavy atom. The maximum Gasteiger partial charge on any atom is 0.176 e. The van der Waals surface area contributed by atoms with Gasteiger partial charge in [0.15, 0.2) is 9.84 Å². The molecule has 5 heteroatoms. The molecular weight excluding hydrogens is 368 g/mol. The predicted molar refractivity (Wildman–Crippen MR) is 114 cm³/mol. The number of aromatic nitrogens is 1. The molecule has 0 unspecified atom stereocenters. The van der Waals surface area contributed by atoms with Gasteiger partial charge in [-0.05, 0) is 66.1 Å². The van der Waals surface area contributed by atoms with Crippen molar-refractivity contribution in [2.45, 2.75) is 31.3 Å². The second kappa shape index (κ2) is 6.06. The van der Waals surface area contributed by atoms with E-state index in [9.17, 15) is 8.42 Å². The molecule has 0 atom stereocenters. The number of benzene rings is 2. The first kappa shape index (κ1) is 17.7. The van der Waals surface area contributed by atoms with E-state index in [4.69, 9.17) is 0 Å². The smallest absolute Gasteiger partial charge is 0.176 e. The molecule has 0 amide bonds. The number of hydrogen-bond acceptors (Lipinski definition) is 3. The van der Waals surface area contributed by atoms with Gasteiger partial charge < -0.3 is 9.47 Å². The number of aryl methyl sites for hydroxylation is 1. The number of rotatable bonds is 2. The Kier molecular flexibility index (Phi) is 3.83. The van der Waals surface area contributed by atoms with Gasteiger partial charge in [-0.2, -0.15) is 0 Å². The van der Waals surface area contributed by atoms with Crippen molar-refractivity contribution < 1.29 is 8.42 Å². The van der Waals surface area contributed by atoms with Crippen molar-refractivity contribution in [2.75, 3.05) is 19.8 Å². The minimum absolute atomic E-state index is 0.411. The molecule has 0 radical (unpaired) electrons. The summed E-state index contributed by atoms with van der Waals surface area (Å²) in [6.45, 7) is 4.88. The van der Waals surface area contributed by atoms with Crippen molar-refractivity contribution in [3.05, 3.63) is 64.3 Å². The fourth-order valence-corrected chi connectivity index (χ4v) is 5.73. The summed E-state index contributed by atoms with van der Waals surface area (Å²) in [6.07, 6.45) is 4.51. The molecule has 0 bridgehead atoms. The molecule has 4 nitrogen and oxygen atoms in total. The van der Waals surface area contributed by atoms with E-state index >= 15 is 0 Å². The van der Waals surface area contributed by atoms with Crippen molar-refractivity contribution in [3.63, 3.8) is 0 Å². The van der Waals surface area contributed by atoms with Gasteiger partial charge in [-0.3, -0.25) is 0 Å². The second-order valence-electron chi connectivity index (χ2n) is 8.19. The van der Waals surface area contributed by atoms with Crippen LogP contribution in [0.15, 0.2) is 41.3 Å². The Morgan fingerprint density at radius 1 is 1.07 bits per heavy atom. The minimum Gasteiger partial charge on any atom is -0.339 e. The van der Waals surface area contributed by atoms with E-state index in [0.29, 0.717) is 4.90 Å². The molecule has 5 rings (SSSR count). The highest BCUT2D eigenvalue weighted by Crippen LogP contribution is 2.40. The molecule has 0 spiro atoms. The first-order valence-electron chi connectivity index (χ1n) is 9.66. The van der Waals surface area contributed by atoms with E-state index in [-0.39, 0.29) is 0 Å². The topological polar surface area (TPSA) is 42.3 Å². The van der Waals surface area contributed by atoms with E-state index in [2.05, 4.69) is 41.6 Å². The van der Waals surface area contributed by atoms with Crippen LogP contribution in [0, 0.1) is 6.92 Å². The van der Waals surface area contributed by atoms with E-state index in [0.717, 1.165) is 37.2 Å². The van der Waals surface area contributed by atoms with Crippen LogP contribution in [0.2, 0.25) is 0 Å². The first-order valence-corrected chi connectivity index (χ1v) is 11.6. The third kappa shape index (κ3) is 2.65. The maximum absolute atomic E-state index is 12.4. The van der Waals surface area contributed by atoms with Crippen LogP contribution in [0.5, 0.6) is 0 Å². The lowest BCUT2D eigenvalue weighted by molar-refractivity contribution is 0.310. The molecule has 2 aromatic carbocycles. The minimum atomic E-state index is -3.29. The number of sulfone groups is 1. The van der Waals surface area contributed by atoms with Crippen LogP contribution in [0.25, 0.3) is 22.6 Å². The van der Waals surface area contributed by atoms with Crippen LogP contribution in [0.3, 0.4) is 0 Å². The molecule has 3 aromatic rings. The van der Waals surface area contributed by atoms with Gasteiger partial charge in [0.1, 0.15) is 0 Å². The average molecular weight is 393 g/mol. The first-order chi connectivity index (χ1) is 13.3. The van der Waals surface area contributed by atoms with Crippen molar-refractivity contribution in [1.82, 2.24) is 9.47 Å². The van der Waals surface area contributed by atoms with E-state index < -0.39 is 9.84 Å². The molecule has 2 aliphatic rings. The fourth-order valence-electron chi connectivity index (χ4n) is 4.81. The molecule has 0 fully saturated rings. The van der Waals surface area contributed by atoms with Crippen LogP contribution in [0.4, 0.5) is 0 Å². The number of nitrogens with zero attached hydrogens (tertiary/aromatic N) is 2. The van der Waals surface area contributed by atoms with Crippen LogP contribution in [0.1, 0.15) is 27.9 Å². The molecule has 2 aliphatic heterocycles. The highest BCUT2D eigenvalue weighted by atomic mass is 32.2. The van der Waals surface area contributed by atoms with Gasteiger partial charge in [0.25, 0.3) is 0 Å². The lowest BCUT2D eigenvalue weighted by Gasteiger charge is -2.25. The van der Waals surface area contributed by atoms with Crippen LogP contribution >= 0.6 is 0 Å². The summed E-state index contributed by atoms with van der Waals surface area (Å²) in [5.41, 5.74) is 8.45. The Balaban J connectivity index is 1.77. The van der Waals surface area contributed by atoms with Crippen LogP contribution in [-0.4, -0.2) is 37.7 Å². The fraction of sp³-hybridized carbons (Fsp3) is 0.304. The number of fused-ring (bicyclic) bond motifs is 3. The van der Waals surface area contributed by atoms with Crippen LogP contribution in [-0.2, 0) is 29.3 Å². The number of hydrogen-bond donors (Lipinski definition) is 0. The van der Waals surface area contributed by atoms with Gasteiger partial charge in [0.2, 0.25) is 0 Å². The van der Waals surface area contributed by atoms with Crippen LogP contribution < -0.4 is 0 Å². The Hall–Kier alpha value is -2.37. The monoisotopic (exact) mass is 392 g/mol. The van der Waals surface area contributed by atoms with Gasteiger partial charge in [-0.15, -0.1) is 0 Å².